The first kappa shape index (κ1) is 20.6. The third kappa shape index (κ3) is 5.25. The van der Waals surface area contributed by atoms with Gasteiger partial charge in [0.2, 0.25) is 0 Å². The number of rotatable bonds is 11. The molecule has 0 aliphatic heterocycles. The second-order valence-electron chi connectivity index (χ2n) is 6.21. The molecule has 0 saturated heterocycles. The predicted octanol–water partition coefficient (Wildman–Crippen LogP) is 3.84. The highest BCUT2D eigenvalue weighted by Gasteiger charge is 2.13. The summed E-state index contributed by atoms with van der Waals surface area (Å²) >= 11 is 0. The number of ether oxygens (including phenoxy) is 4. The maximum atomic E-state index is 10.9. The monoisotopic (exact) mass is 396 g/mol. The predicted molar refractivity (Wildman–Crippen MR) is 111 cm³/mol. The summed E-state index contributed by atoms with van der Waals surface area (Å²) in [5.74, 6) is 0.532. The van der Waals surface area contributed by atoms with E-state index in [0.717, 1.165) is 33.4 Å². The fraction of sp³-hybridized carbons (Fsp3) is 0.261. The number of hydrogen-bond donors (Lipinski definition) is 1. The Morgan fingerprint density at radius 3 is 1.83 bits per heavy atom. The van der Waals surface area contributed by atoms with E-state index in [2.05, 4.69) is 6.58 Å². The Labute approximate surface area is 169 Å². The van der Waals surface area contributed by atoms with Gasteiger partial charge in [0, 0.05) is 27.6 Å². The zero-order chi connectivity index (χ0) is 20.5. The SMILES string of the molecule is C=CC(=O)OCCOCCOCCOc1c2ccccc2c(O)c2ccccc12. The average molecular weight is 396 g/mol. The second-order valence-corrected chi connectivity index (χ2v) is 6.21. The van der Waals surface area contributed by atoms with Crippen molar-refractivity contribution in [1.82, 2.24) is 0 Å². The molecule has 0 aliphatic carbocycles. The molecule has 0 bridgehead atoms. The number of phenolic OH excluding ortho intramolecular Hbond substituents is 1. The van der Waals surface area contributed by atoms with Crippen LogP contribution in [0.5, 0.6) is 11.5 Å². The summed E-state index contributed by atoms with van der Waals surface area (Å²) in [4.78, 5) is 10.9. The van der Waals surface area contributed by atoms with E-state index in [1.165, 1.54) is 0 Å². The molecule has 152 valence electrons. The first-order valence-electron chi connectivity index (χ1n) is 9.42. The first-order valence-corrected chi connectivity index (χ1v) is 9.42. The first-order chi connectivity index (χ1) is 14.2. The zero-order valence-electron chi connectivity index (χ0n) is 16.1. The lowest BCUT2D eigenvalue weighted by atomic mass is 10.0. The minimum Gasteiger partial charge on any atom is -0.507 e. The van der Waals surface area contributed by atoms with Gasteiger partial charge in [-0.15, -0.1) is 0 Å². The maximum Gasteiger partial charge on any atom is 0.330 e. The molecule has 6 heteroatoms. The fourth-order valence-electron chi connectivity index (χ4n) is 3.01. The third-order valence-electron chi connectivity index (χ3n) is 4.34. The van der Waals surface area contributed by atoms with E-state index in [1.54, 1.807) is 0 Å². The van der Waals surface area contributed by atoms with E-state index in [1.807, 2.05) is 48.5 Å². The summed E-state index contributed by atoms with van der Waals surface area (Å²) in [7, 11) is 0. The molecule has 0 atom stereocenters. The second kappa shape index (κ2) is 10.5. The number of fused-ring (bicyclic) bond motifs is 2. The van der Waals surface area contributed by atoms with Gasteiger partial charge in [0.15, 0.2) is 0 Å². The Balaban J connectivity index is 1.49. The summed E-state index contributed by atoms with van der Waals surface area (Å²) in [6, 6.07) is 15.3. The van der Waals surface area contributed by atoms with Gasteiger partial charge in [0.05, 0.1) is 26.4 Å². The van der Waals surface area contributed by atoms with Crippen molar-refractivity contribution < 1.29 is 28.8 Å². The van der Waals surface area contributed by atoms with Crippen LogP contribution in [0.3, 0.4) is 0 Å². The van der Waals surface area contributed by atoms with Crippen LogP contribution in [0.4, 0.5) is 0 Å². The number of aromatic hydroxyl groups is 1. The molecule has 0 saturated carbocycles. The minimum absolute atomic E-state index is 0.189. The van der Waals surface area contributed by atoms with Crippen LogP contribution in [0.15, 0.2) is 61.2 Å². The van der Waals surface area contributed by atoms with E-state index in [0.29, 0.717) is 33.0 Å². The van der Waals surface area contributed by atoms with Crippen molar-refractivity contribution in [2.24, 2.45) is 0 Å². The Kier molecular flexibility index (Phi) is 7.44. The van der Waals surface area contributed by atoms with E-state index in [4.69, 9.17) is 18.9 Å². The lowest BCUT2D eigenvalue weighted by molar-refractivity contribution is -0.139. The van der Waals surface area contributed by atoms with Gasteiger partial charge in [0.25, 0.3) is 0 Å². The topological polar surface area (TPSA) is 74.2 Å². The van der Waals surface area contributed by atoms with Gasteiger partial charge in [-0.3, -0.25) is 0 Å². The van der Waals surface area contributed by atoms with Crippen LogP contribution >= 0.6 is 0 Å². The van der Waals surface area contributed by atoms with Crippen molar-refractivity contribution >= 4 is 27.5 Å². The molecular weight excluding hydrogens is 372 g/mol. The molecule has 0 amide bonds. The summed E-state index contributed by atoms with van der Waals surface area (Å²) in [6.07, 6.45) is 1.11. The molecule has 6 nitrogen and oxygen atoms in total. The lowest BCUT2D eigenvalue weighted by Gasteiger charge is -2.15. The Morgan fingerprint density at radius 2 is 1.28 bits per heavy atom. The van der Waals surface area contributed by atoms with Gasteiger partial charge >= 0.3 is 5.97 Å². The van der Waals surface area contributed by atoms with Gasteiger partial charge in [-0.1, -0.05) is 55.1 Å². The van der Waals surface area contributed by atoms with Crippen LogP contribution in [0, 0.1) is 0 Å². The minimum atomic E-state index is -0.462. The molecule has 29 heavy (non-hydrogen) atoms. The number of carbonyl (C=O) groups excluding carboxylic acids is 1. The standard InChI is InChI=1S/C23H24O6/c1-2-21(24)28-15-13-26-11-12-27-14-16-29-23-19-9-5-3-7-17(19)22(25)18-8-4-6-10-20(18)23/h2-10,25H,1,11-16H2. The number of esters is 1. The normalized spacial score (nSPS) is 10.9. The number of hydrogen-bond acceptors (Lipinski definition) is 6. The number of benzene rings is 3. The maximum absolute atomic E-state index is 10.9. The van der Waals surface area contributed by atoms with Crippen molar-refractivity contribution in [3.05, 3.63) is 61.2 Å². The van der Waals surface area contributed by atoms with Crippen molar-refractivity contribution in [3.63, 3.8) is 0 Å². The van der Waals surface area contributed by atoms with E-state index in [-0.39, 0.29) is 12.4 Å². The highest BCUT2D eigenvalue weighted by atomic mass is 16.6. The quantitative estimate of drug-likeness (QED) is 0.230. The zero-order valence-corrected chi connectivity index (χ0v) is 16.1. The highest BCUT2D eigenvalue weighted by Crippen LogP contribution is 2.41. The van der Waals surface area contributed by atoms with Crippen molar-refractivity contribution in [2.75, 3.05) is 39.6 Å². The Hall–Kier alpha value is -3.09. The molecule has 3 aromatic carbocycles. The van der Waals surface area contributed by atoms with Crippen molar-refractivity contribution in [2.45, 2.75) is 0 Å². The van der Waals surface area contributed by atoms with Crippen molar-refractivity contribution in [3.8, 4) is 11.5 Å². The molecule has 0 fully saturated rings. The van der Waals surface area contributed by atoms with Gasteiger partial charge in [-0.05, 0) is 0 Å². The molecule has 3 rings (SSSR count). The molecule has 0 aromatic heterocycles. The molecule has 0 spiro atoms. The third-order valence-corrected chi connectivity index (χ3v) is 4.34. The van der Waals surface area contributed by atoms with Gasteiger partial charge in [-0.25, -0.2) is 4.79 Å². The smallest absolute Gasteiger partial charge is 0.330 e. The van der Waals surface area contributed by atoms with Crippen LogP contribution in [0.2, 0.25) is 0 Å². The van der Waals surface area contributed by atoms with Crippen molar-refractivity contribution in [1.29, 1.82) is 0 Å². The lowest BCUT2D eigenvalue weighted by Crippen LogP contribution is -2.13. The average Bonchev–Trinajstić information content (AvgIpc) is 2.76. The molecule has 0 aliphatic rings. The Bertz CT molecular complexity index is 925. The fourth-order valence-corrected chi connectivity index (χ4v) is 3.01. The summed E-state index contributed by atoms with van der Waals surface area (Å²) in [6.45, 7) is 5.40. The number of phenols is 1. The summed E-state index contributed by atoms with van der Waals surface area (Å²) in [5, 5.41) is 13.8. The van der Waals surface area contributed by atoms with Gasteiger partial charge in [-0.2, -0.15) is 0 Å². The molecule has 0 radical (unpaired) electrons. The van der Waals surface area contributed by atoms with E-state index < -0.39 is 5.97 Å². The Morgan fingerprint density at radius 1 is 0.793 bits per heavy atom. The molecular formula is C23H24O6. The van der Waals surface area contributed by atoms with Crippen LogP contribution in [0.1, 0.15) is 0 Å². The van der Waals surface area contributed by atoms with E-state index in [9.17, 15) is 9.90 Å². The molecule has 1 N–H and O–H groups in total. The van der Waals surface area contributed by atoms with Crippen LogP contribution in [0.25, 0.3) is 21.5 Å². The van der Waals surface area contributed by atoms with Crippen LogP contribution in [-0.4, -0.2) is 50.7 Å². The van der Waals surface area contributed by atoms with Gasteiger partial charge in [0.1, 0.15) is 24.7 Å². The van der Waals surface area contributed by atoms with Gasteiger partial charge < -0.3 is 24.1 Å². The largest absolute Gasteiger partial charge is 0.507 e. The summed E-state index contributed by atoms with van der Waals surface area (Å²) in [5.41, 5.74) is 0. The molecule has 0 unspecified atom stereocenters. The molecule has 3 aromatic rings. The molecule has 0 heterocycles. The van der Waals surface area contributed by atoms with Crippen LogP contribution in [-0.2, 0) is 19.0 Å². The van der Waals surface area contributed by atoms with E-state index >= 15 is 0 Å². The number of carbonyl (C=O) groups is 1. The summed E-state index contributed by atoms with van der Waals surface area (Å²) < 4.78 is 21.7. The highest BCUT2D eigenvalue weighted by molar-refractivity contribution is 6.10. The van der Waals surface area contributed by atoms with Crippen LogP contribution < -0.4 is 4.74 Å².